The van der Waals surface area contributed by atoms with E-state index in [2.05, 4.69) is 11.8 Å². The highest BCUT2D eigenvalue weighted by Gasteiger charge is 2.19. The zero-order valence-electron chi connectivity index (χ0n) is 13.9. The maximum atomic E-state index is 12.3. The summed E-state index contributed by atoms with van der Waals surface area (Å²) in [6, 6.07) is 3.89. The van der Waals surface area contributed by atoms with Crippen molar-refractivity contribution in [3.05, 3.63) is 29.3 Å². The van der Waals surface area contributed by atoms with Gasteiger partial charge in [-0.25, -0.2) is 0 Å². The van der Waals surface area contributed by atoms with Gasteiger partial charge < -0.3 is 14.4 Å². The van der Waals surface area contributed by atoms with E-state index in [0.29, 0.717) is 0 Å². The van der Waals surface area contributed by atoms with E-state index in [4.69, 9.17) is 9.47 Å². The van der Waals surface area contributed by atoms with Crippen LogP contribution in [0.3, 0.4) is 0 Å². The predicted molar refractivity (Wildman–Crippen MR) is 89.6 cm³/mol. The lowest BCUT2D eigenvalue weighted by molar-refractivity contribution is -0.127. The number of ether oxygens (including phenoxy) is 2. The molecule has 1 amide bonds. The van der Waals surface area contributed by atoms with Gasteiger partial charge in [0.15, 0.2) is 11.5 Å². The van der Waals surface area contributed by atoms with Gasteiger partial charge in [0.1, 0.15) is 0 Å². The van der Waals surface area contributed by atoms with Crippen molar-refractivity contribution in [2.24, 2.45) is 0 Å². The van der Waals surface area contributed by atoms with E-state index in [1.165, 1.54) is 0 Å². The van der Waals surface area contributed by atoms with Gasteiger partial charge in [0.05, 0.1) is 0 Å². The Balaban J connectivity index is 1.61. The average Bonchev–Trinajstić information content (AvgIpc) is 3.00. The lowest BCUT2D eigenvalue weighted by Gasteiger charge is -2.34. The molecular formula is C18H24N2O3. The number of piperazine rings is 1. The number of amides is 1. The van der Waals surface area contributed by atoms with Crippen LogP contribution < -0.4 is 9.47 Å². The number of carbonyl (C=O) groups excluding carboxylic acids is 1. The zero-order chi connectivity index (χ0) is 16.2. The molecule has 0 aromatic heterocycles. The Morgan fingerprint density at radius 3 is 2.57 bits per heavy atom. The summed E-state index contributed by atoms with van der Waals surface area (Å²) in [6.45, 7) is 9.14. The molecule has 3 rings (SSSR count). The van der Waals surface area contributed by atoms with Gasteiger partial charge in [-0.2, -0.15) is 0 Å². The molecule has 0 N–H and O–H groups in total. The van der Waals surface area contributed by atoms with Gasteiger partial charge in [0, 0.05) is 32.3 Å². The molecule has 5 heteroatoms. The van der Waals surface area contributed by atoms with Crippen LogP contribution in [-0.2, 0) is 4.79 Å². The van der Waals surface area contributed by atoms with Crippen LogP contribution in [0.1, 0.15) is 24.5 Å². The second-order valence-electron chi connectivity index (χ2n) is 6.06. The number of aryl methyl sites for hydroxylation is 1. The van der Waals surface area contributed by atoms with Crippen molar-refractivity contribution in [3.63, 3.8) is 0 Å². The molecule has 2 aliphatic rings. The van der Waals surface area contributed by atoms with E-state index >= 15 is 0 Å². The van der Waals surface area contributed by atoms with Gasteiger partial charge in [-0.15, -0.1) is 0 Å². The molecule has 1 aromatic rings. The molecule has 124 valence electrons. The first kappa shape index (κ1) is 15.9. The minimum absolute atomic E-state index is 0.0817. The first-order valence-corrected chi connectivity index (χ1v) is 8.27. The Morgan fingerprint density at radius 2 is 1.87 bits per heavy atom. The summed E-state index contributed by atoms with van der Waals surface area (Å²) in [6.07, 6.45) is 4.70. The summed E-state index contributed by atoms with van der Waals surface area (Å²) in [5, 5.41) is 0. The van der Waals surface area contributed by atoms with Crippen LogP contribution >= 0.6 is 0 Å². The maximum absolute atomic E-state index is 12.3. The standard InChI is InChI=1S/C18H24N2O3/c1-3-6-19-7-9-20(10-8-19)18(21)5-4-15-12-17-16(11-14(15)2)22-13-23-17/h4-5,11-12H,3,6-10,13H2,1-2H3/b5-4+. The number of rotatable bonds is 4. The topological polar surface area (TPSA) is 42.0 Å². The number of carbonyl (C=O) groups is 1. The Kier molecular flexibility index (Phi) is 4.86. The molecule has 0 radical (unpaired) electrons. The fourth-order valence-electron chi connectivity index (χ4n) is 3.01. The normalized spacial score (nSPS) is 17.9. The molecule has 0 atom stereocenters. The number of hydrogen-bond acceptors (Lipinski definition) is 4. The SMILES string of the molecule is CCCN1CCN(C(=O)/C=C/c2cc3c(cc2C)OCO3)CC1. The summed E-state index contributed by atoms with van der Waals surface area (Å²) in [5.41, 5.74) is 2.07. The van der Waals surface area contributed by atoms with E-state index in [-0.39, 0.29) is 12.7 Å². The molecular weight excluding hydrogens is 292 g/mol. The molecule has 1 aromatic carbocycles. The minimum Gasteiger partial charge on any atom is -0.454 e. The Morgan fingerprint density at radius 1 is 1.17 bits per heavy atom. The second-order valence-corrected chi connectivity index (χ2v) is 6.06. The molecule has 1 saturated heterocycles. The molecule has 0 aliphatic carbocycles. The highest BCUT2D eigenvalue weighted by Crippen LogP contribution is 2.34. The first-order chi connectivity index (χ1) is 11.2. The van der Waals surface area contributed by atoms with Crippen molar-refractivity contribution in [2.45, 2.75) is 20.3 Å². The predicted octanol–water partition coefficient (Wildman–Crippen LogP) is 2.29. The Bertz CT molecular complexity index is 605. The van der Waals surface area contributed by atoms with Crippen LogP contribution in [0.5, 0.6) is 11.5 Å². The first-order valence-electron chi connectivity index (χ1n) is 8.27. The molecule has 5 nitrogen and oxygen atoms in total. The van der Waals surface area contributed by atoms with Gasteiger partial charge in [-0.3, -0.25) is 9.69 Å². The third-order valence-electron chi connectivity index (χ3n) is 4.39. The smallest absolute Gasteiger partial charge is 0.246 e. The summed E-state index contributed by atoms with van der Waals surface area (Å²) in [4.78, 5) is 16.7. The van der Waals surface area contributed by atoms with Crippen LogP contribution in [0.15, 0.2) is 18.2 Å². The summed E-state index contributed by atoms with van der Waals surface area (Å²) >= 11 is 0. The molecule has 2 heterocycles. The lowest BCUT2D eigenvalue weighted by atomic mass is 10.1. The maximum Gasteiger partial charge on any atom is 0.246 e. The molecule has 23 heavy (non-hydrogen) atoms. The summed E-state index contributed by atoms with van der Waals surface area (Å²) < 4.78 is 10.8. The third kappa shape index (κ3) is 3.67. The number of nitrogens with zero attached hydrogens (tertiary/aromatic N) is 2. The van der Waals surface area contributed by atoms with Crippen molar-refractivity contribution in [1.82, 2.24) is 9.80 Å². The van der Waals surface area contributed by atoms with Crippen LogP contribution in [0.4, 0.5) is 0 Å². The summed E-state index contributed by atoms with van der Waals surface area (Å²) in [7, 11) is 0. The molecule has 1 fully saturated rings. The monoisotopic (exact) mass is 316 g/mol. The molecule has 0 saturated carbocycles. The summed E-state index contributed by atoms with van der Waals surface area (Å²) in [5.74, 6) is 1.60. The lowest BCUT2D eigenvalue weighted by Crippen LogP contribution is -2.48. The van der Waals surface area contributed by atoms with Crippen LogP contribution in [-0.4, -0.2) is 55.2 Å². The van der Waals surface area contributed by atoms with Gasteiger partial charge in [0.25, 0.3) is 0 Å². The third-order valence-corrected chi connectivity index (χ3v) is 4.39. The molecule has 0 spiro atoms. The van der Waals surface area contributed by atoms with E-state index in [1.54, 1.807) is 6.08 Å². The molecule has 2 aliphatic heterocycles. The van der Waals surface area contributed by atoms with Crippen LogP contribution in [0, 0.1) is 6.92 Å². The van der Waals surface area contributed by atoms with Crippen molar-refractivity contribution >= 4 is 12.0 Å². The van der Waals surface area contributed by atoms with Gasteiger partial charge in [-0.1, -0.05) is 6.92 Å². The molecule has 0 unspecified atom stereocenters. The van der Waals surface area contributed by atoms with Crippen molar-refractivity contribution < 1.29 is 14.3 Å². The fourth-order valence-corrected chi connectivity index (χ4v) is 3.01. The van der Waals surface area contributed by atoms with Gasteiger partial charge in [-0.05, 0) is 49.2 Å². The number of hydrogen-bond donors (Lipinski definition) is 0. The van der Waals surface area contributed by atoms with Gasteiger partial charge in [0.2, 0.25) is 12.7 Å². The van der Waals surface area contributed by atoms with Crippen molar-refractivity contribution in [1.29, 1.82) is 0 Å². The Labute approximate surface area is 137 Å². The van der Waals surface area contributed by atoms with E-state index in [1.807, 2.05) is 30.0 Å². The quantitative estimate of drug-likeness (QED) is 0.799. The largest absolute Gasteiger partial charge is 0.454 e. The van der Waals surface area contributed by atoms with Crippen LogP contribution in [0.2, 0.25) is 0 Å². The number of benzene rings is 1. The van der Waals surface area contributed by atoms with E-state index in [0.717, 1.165) is 61.8 Å². The highest BCUT2D eigenvalue weighted by atomic mass is 16.7. The number of fused-ring (bicyclic) bond motifs is 1. The van der Waals surface area contributed by atoms with Crippen molar-refractivity contribution in [3.8, 4) is 11.5 Å². The second kappa shape index (κ2) is 7.04. The molecule has 0 bridgehead atoms. The zero-order valence-corrected chi connectivity index (χ0v) is 13.9. The average molecular weight is 316 g/mol. The van der Waals surface area contributed by atoms with Crippen molar-refractivity contribution in [2.75, 3.05) is 39.5 Å². The van der Waals surface area contributed by atoms with Crippen LogP contribution in [0.25, 0.3) is 6.08 Å². The van der Waals surface area contributed by atoms with E-state index in [9.17, 15) is 4.79 Å². The Hall–Kier alpha value is -2.01. The highest BCUT2D eigenvalue weighted by molar-refractivity contribution is 5.92. The van der Waals surface area contributed by atoms with Gasteiger partial charge >= 0.3 is 0 Å². The minimum atomic E-state index is 0.0817. The fraction of sp³-hybridized carbons (Fsp3) is 0.500. The van der Waals surface area contributed by atoms with E-state index < -0.39 is 0 Å².